The Labute approximate surface area is 172 Å². The monoisotopic (exact) mass is 398 g/mol. The fourth-order valence-corrected chi connectivity index (χ4v) is 3.24. The van der Waals surface area contributed by atoms with Gasteiger partial charge in [0.25, 0.3) is 0 Å². The van der Waals surface area contributed by atoms with E-state index in [2.05, 4.69) is 46.8 Å². The molecule has 2 unspecified atom stereocenters. The highest BCUT2D eigenvalue weighted by Gasteiger charge is 2.21. The molecular formula is C22H30N4O3. The van der Waals surface area contributed by atoms with Gasteiger partial charge in [-0.1, -0.05) is 24.3 Å². The standard InChI is InChI=1S/C22H30N4O3/c1-23-22(24-13-18-15-28-20-10-5-6-11-21(20)29-18)25-14-19(26(2)3)16-8-7-9-17(12-16)27-4/h5-12,18-19H,13-15H2,1-4H3,(H2,23,24,25). The number of guanidine groups is 1. The summed E-state index contributed by atoms with van der Waals surface area (Å²) >= 11 is 0. The zero-order chi connectivity index (χ0) is 20.6. The maximum Gasteiger partial charge on any atom is 0.191 e. The fourth-order valence-electron chi connectivity index (χ4n) is 3.24. The van der Waals surface area contributed by atoms with Crippen LogP contribution in [0.25, 0.3) is 0 Å². The van der Waals surface area contributed by atoms with Crippen molar-refractivity contribution in [2.45, 2.75) is 12.1 Å². The summed E-state index contributed by atoms with van der Waals surface area (Å²) < 4.78 is 17.1. The second-order valence-corrected chi connectivity index (χ2v) is 7.09. The van der Waals surface area contributed by atoms with Gasteiger partial charge >= 0.3 is 0 Å². The third-order valence-electron chi connectivity index (χ3n) is 4.85. The second-order valence-electron chi connectivity index (χ2n) is 7.09. The SMILES string of the molecule is CN=C(NCC1COc2ccccc2O1)NCC(c1cccc(OC)c1)N(C)C. The highest BCUT2D eigenvalue weighted by Crippen LogP contribution is 2.30. The van der Waals surface area contributed by atoms with E-state index in [4.69, 9.17) is 14.2 Å². The first-order valence-electron chi connectivity index (χ1n) is 9.74. The van der Waals surface area contributed by atoms with Crippen molar-refractivity contribution in [3.05, 3.63) is 54.1 Å². The fraction of sp³-hybridized carbons (Fsp3) is 0.409. The van der Waals surface area contributed by atoms with E-state index >= 15 is 0 Å². The minimum Gasteiger partial charge on any atom is -0.497 e. The number of aliphatic imine (C=N–C) groups is 1. The van der Waals surface area contributed by atoms with Crippen LogP contribution in [0.2, 0.25) is 0 Å². The first-order chi connectivity index (χ1) is 14.1. The van der Waals surface area contributed by atoms with E-state index < -0.39 is 0 Å². The van der Waals surface area contributed by atoms with Crippen molar-refractivity contribution in [2.24, 2.45) is 4.99 Å². The second kappa shape index (κ2) is 10.0. The third kappa shape index (κ3) is 5.54. The average molecular weight is 399 g/mol. The van der Waals surface area contributed by atoms with Crippen LogP contribution in [-0.4, -0.2) is 64.9 Å². The Morgan fingerprint density at radius 1 is 1.17 bits per heavy atom. The number of rotatable bonds is 7. The summed E-state index contributed by atoms with van der Waals surface area (Å²) in [5.74, 6) is 3.14. The van der Waals surface area contributed by atoms with E-state index in [1.54, 1.807) is 14.2 Å². The van der Waals surface area contributed by atoms with Gasteiger partial charge in [-0.25, -0.2) is 0 Å². The minimum atomic E-state index is -0.0773. The summed E-state index contributed by atoms with van der Waals surface area (Å²) in [4.78, 5) is 6.50. The first kappa shape index (κ1) is 20.8. The van der Waals surface area contributed by atoms with Crippen molar-refractivity contribution < 1.29 is 14.2 Å². The number of nitrogens with one attached hydrogen (secondary N) is 2. The molecule has 29 heavy (non-hydrogen) atoms. The molecule has 2 atom stereocenters. The van der Waals surface area contributed by atoms with Crippen LogP contribution in [0.3, 0.4) is 0 Å². The predicted molar refractivity (Wildman–Crippen MR) is 115 cm³/mol. The number of hydrogen-bond donors (Lipinski definition) is 2. The molecule has 1 aliphatic heterocycles. The number of nitrogens with zero attached hydrogens (tertiary/aromatic N) is 2. The highest BCUT2D eigenvalue weighted by molar-refractivity contribution is 5.79. The molecule has 0 aromatic heterocycles. The van der Waals surface area contributed by atoms with Gasteiger partial charge in [-0.2, -0.15) is 0 Å². The van der Waals surface area contributed by atoms with Gasteiger partial charge < -0.3 is 29.7 Å². The van der Waals surface area contributed by atoms with Crippen LogP contribution >= 0.6 is 0 Å². The van der Waals surface area contributed by atoms with Crippen LogP contribution < -0.4 is 24.8 Å². The maximum absolute atomic E-state index is 5.99. The summed E-state index contributed by atoms with van der Waals surface area (Å²) in [5.41, 5.74) is 1.18. The molecule has 7 nitrogen and oxygen atoms in total. The molecule has 156 valence electrons. The van der Waals surface area contributed by atoms with E-state index in [9.17, 15) is 0 Å². The van der Waals surface area contributed by atoms with Gasteiger partial charge in [-0.3, -0.25) is 4.99 Å². The van der Waals surface area contributed by atoms with Crippen LogP contribution in [0.15, 0.2) is 53.5 Å². The molecule has 0 amide bonds. The van der Waals surface area contributed by atoms with Gasteiger partial charge in [0.1, 0.15) is 18.5 Å². The Hall–Kier alpha value is -2.93. The van der Waals surface area contributed by atoms with Crippen molar-refractivity contribution in [2.75, 3.05) is 47.9 Å². The van der Waals surface area contributed by atoms with E-state index in [0.29, 0.717) is 19.7 Å². The molecule has 0 aliphatic carbocycles. The Bertz CT molecular complexity index is 825. The third-order valence-corrected chi connectivity index (χ3v) is 4.85. The lowest BCUT2D eigenvalue weighted by molar-refractivity contribution is 0.0936. The molecule has 0 saturated heterocycles. The highest BCUT2D eigenvalue weighted by atomic mass is 16.6. The minimum absolute atomic E-state index is 0.0773. The molecule has 0 bridgehead atoms. The number of benzene rings is 2. The molecule has 3 rings (SSSR count). The Balaban J connectivity index is 1.54. The van der Waals surface area contributed by atoms with Crippen molar-refractivity contribution in [1.29, 1.82) is 0 Å². The van der Waals surface area contributed by atoms with E-state index in [0.717, 1.165) is 23.2 Å². The molecule has 1 heterocycles. The Kier molecular flexibility index (Phi) is 7.19. The maximum atomic E-state index is 5.99. The van der Waals surface area contributed by atoms with E-state index in [-0.39, 0.29) is 12.1 Å². The summed E-state index contributed by atoms with van der Waals surface area (Å²) in [7, 11) is 7.57. The first-order valence-corrected chi connectivity index (χ1v) is 9.74. The summed E-state index contributed by atoms with van der Waals surface area (Å²) in [6, 6.07) is 16.0. The molecular weight excluding hydrogens is 368 g/mol. The van der Waals surface area contributed by atoms with Gasteiger partial charge in [-0.05, 0) is 43.9 Å². The topological polar surface area (TPSA) is 67.4 Å². The number of fused-ring (bicyclic) bond motifs is 1. The van der Waals surface area contributed by atoms with Crippen LogP contribution in [-0.2, 0) is 0 Å². The molecule has 0 saturated carbocycles. The smallest absolute Gasteiger partial charge is 0.191 e. The van der Waals surface area contributed by atoms with Gasteiger partial charge in [-0.15, -0.1) is 0 Å². The average Bonchev–Trinajstić information content (AvgIpc) is 2.75. The van der Waals surface area contributed by atoms with E-state index in [1.165, 1.54) is 5.56 Å². The zero-order valence-corrected chi connectivity index (χ0v) is 17.5. The summed E-state index contributed by atoms with van der Waals surface area (Å²) in [6.07, 6.45) is -0.0773. The Morgan fingerprint density at radius 3 is 2.69 bits per heavy atom. The van der Waals surface area contributed by atoms with Crippen LogP contribution in [0.5, 0.6) is 17.2 Å². The summed E-state index contributed by atoms with van der Waals surface area (Å²) in [6.45, 7) is 1.80. The quantitative estimate of drug-likeness (QED) is 0.551. The largest absolute Gasteiger partial charge is 0.497 e. The number of hydrogen-bond acceptors (Lipinski definition) is 5. The zero-order valence-electron chi connectivity index (χ0n) is 17.5. The molecule has 2 aromatic rings. The number of methoxy groups -OCH3 is 1. The van der Waals surface area contributed by atoms with Crippen LogP contribution in [0.1, 0.15) is 11.6 Å². The van der Waals surface area contributed by atoms with Crippen molar-refractivity contribution in [3.8, 4) is 17.2 Å². The molecule has 1 aliphatic rings. The van der Waals surface area contributed by atoms with Crippen molar-refractivity contribution >= 4 is 5.96 Å². The lowest BCUT2D eigenvalue weighted by Crippen LogP contribution is -2.47. The molecule has 0 fully saturated rings. The Morgan fingerprint density at radius 2 is 1.97 bits per heavy atom. The summed E-state index contributed by atoms with van der Waals surface area (Å²) in [5, 5.41) is 6.73. The lowest BCUT2D eigenvalue weighted by Gasteiger charge is -2.28. The number of ether oxygens (including phenoxy) is 3. The van der Waals surface area contributed by atoms with Crippen molar-refractivity contribution in [1.82, 2.24) is 15.5 Å². The van der Waals surface area contributed by atoms with Crippen molar-refractivity contribution in [3.63, 3.8) is 0 Å². The lowest BCUT2D eigenvalue weighted by atomic mass is 10.1. The molecule has 2 N–H and O–H groups in total. The number of likely N-dealkylation sites (N-methyl/N-ethyl adjacent to an activating group) is 1. The predicted octanol–water partition coefficient (Wildman–Crippen LogP) is 2.30. The van der Waals surface area contributed by atoms with Crippen LogP contribution in [0.4, 0.5) is 0 Å². The number of para-hydroxylation sites is 2. The van der Waals surface area contributed by atoms with Gasteiger partial charge in [0.15, 0.2) is 17.5 Å². The molecule has 2 aromatic carbocycles. The van der Waals surface area contributed by atoms with Gasteiger partial charge in [0.05, 0.1) is 19.7 Å². The van der Waals surface area contributed by atoms with Gasteiger partial charge in [0, 0.05) is 13.6 Å². The molecule has 7 heteroatoms. The van der Waals surface area contributed by atoms with Crippen LogP contribution in [0, 0.1) is 0 Å². The normalized spacial score (nSPS) is 17.0. The molecule has 0 radical (unpaired) electrons. The molecule has 0 spiro atoms. The van der Waals surface area contributed by atoms with Gasteiger partial charge in [0.2, 0.25) is 0 Å². The van der Waals surface area contributed by atoms with E-state index in [1.807, 2.05) is 36.4 Å².